The highest BCUT2D eigenvalue weighted by molar-refractivity contribution is 7.20. The zero-order valence-electron chi connectivity index (χ0n) is 13.9. The highest BCUT2D eigenvalue weighted by Gasteiger charge is 2.25. The van der Waals surface area contributed by atoms with Crippen molar-refractivity contribution in [3.05, 3.63) is 35.9 Å². The van der Waals surface area contributed by atoms with E-state index in [1.807, 2.05) is 37.2 Å². The van der Waals surface area contributed by atoms with Gasteiger partial charge in [0.2, 0.25) is 0 Å². The minimum atomic E-state index is 0.652. The van der Waals surface area contributed by atoms with E-state index in [1.165, 1.54) is 0 Å². The van der Waals surface area contributed by atoms with Crippen LogP contribution in [-0.4, -0.2) is 51.6 Å². The molecular weight excluding hydrogens is 320 g/mol. The predicted molar refractivity (Wildman–Crippen MR) is 99.3 cm³/mol. The van der Waals surface area contributed by atoms with Gasteiger partial charge < -0.3 is 14.5 Å². The van der Waals surface area contributed by atoms with E-state index < -0.39 is 0 Å². The van der Waals surface area contributed by atoms with Crippen molar-refractivity contribution in [2.75, 3.05) is 45.3 Å². The molecule has 1 aliphatic heterocycles. The first-order valence-electron chi connectivity index (χ1n) is 7.86. The number of nitrogens with zero attached hydrogens (tertiary/aromatic N) is 4. The molecule has 0 saturated carbocycles. The van der Waals surface area contributed by atoms with Crippen molar-refractivity contribution >= 4 is 28.4 Å². The molecule has 1 saturated heterocycles. The largest absolute Gasteiger partial charge is 0.378 e. The summed E-state index contributed by atoms with van der Waals surface area (Å²) in [5.41, 5.74) is 2.76. The number of benzene rings is 1. The van der Waals surface area contributed by atoms with Gasteiger partial charge in [0.05, 0.1) is 30.1 Å². The van der Waals surface area contributed by atoms with Gasteiger partial charge in [-0.15, -0.1) is 11.3 Å². The maximum absolute atomic E-state index is 9.77. The number of rotatable bonds is 4. The summed E-state index contributed by atoms with van der Waals surface area (Å²) in [5, 5.41) is 10.5. The molecule has 5 nitrogen and oxygen atoms in total. The molecule has 0 radical (unpaired) electrons. The monoisotopic (exact) mass is 340 g/mol. The molecule has 1 aliphatic rings. The van der Waals surface area contributed by atoms with Crippen LogP contribution in [0.25, 0.3) is 10.4 Å². The van der Waals surface area contributed by atoms with Crippen LogP contribution >= 0.6 is 11.3 Å². The van der Waals surface area contributed by atoms with E-state index in [0.29, 0.717) is 18.8 Å². The Morgan fingerprint density at radius 2 is 1.96 bits per heavy atom. The predicted octanol–water partition coefficient (Wildman–Crippen LogP) is 3.34. The lowest BCUT2D eigenvalue weighted by molar-refractivity contribution is 0.123. The van der Waals surface area contributed by atoms with E-state index in [0.717, 1.165) is 34.2 Å². The normalized spacial score (nSPS) is 14.8. The van der Waals surface area contributed by atoms with Gasteiger partial charge in [0.1, 0.15) is 16.6 Å². The van der Waals surface area contributed by atoms with Gasteiger partial charge in [0.25, 0.3) is 0 Å². The standard InChI is InChI=1S/C18H20N4OS/c1-21(2)13-20-18-15(12-19)16(22-8-10-23-11-9-22)17(24-18)14-6-4-3-5-7-14/h3-7,13H,8-11H2,1-2H3/b20-13-. The zero-order chi connectivity index (χ0) is 16.9. The number of thiophene rings is 1. The van der Waals surface area contributed by atoms with E-state index in [-0.39, 0.29) is 0 Å². The lowest BCUT2D eigenvalue weighted by Gasteiger charge is -2.29. The smallest absolute Gasteiger partial charge is 0.138 e. The summed E-state index contributed by atoms with van der Waals surface area (Å²) < 4.78 is 5.47. The Bertz CT molecular complexity index is 755. The van der Waals surface area contributed by atoms with Gasteiger partial charge in [-0.3, -0.25) is 0 Å². The Kier molecular flexibility index (Phi) is 5.14. The van der Waals surface area contributed by atoms with Crippen LogP contribution in [0.2, 0.25) is 0 Å². The quantitative estimate of drug-likeness (QED) is 0.633. The van der Waals surface area contributed by atoms with Crippen LogP contribution in [0.1, 0.15) is 5.56 Å². The molecule has 1 aromatic carbocycles. The molecule has 24 heavy (non-hydrogen) atoms. The number of aliphatic imine (C=N–C) groups is 1. The van der Waals surface area contributed by atoms with Crippen LogP contribution in [0.3, 0.4) is 0 Å². The van der Waals surface area contributed by atoms with Crippen molar-refractivity contribution < 1.29 is 4.74 Å². The highest BCUT2D eigenvalue weighted by atomic mass is 32.1. The van der Waals surface area contributed by atoms with Crippen molar-refractivity contribution in [2.24, 2.45) is 4.99 Å². The van der Waals surface area contributed by atoms with Crippen LogP contribution in [0.4, 0.5) is 10.7 Å². The Balaban J connectivity index is 2.13. The van der Waals surface area contributed by atoms with Gasteiger partial charge in [-0.1, -0.05) is 30.3 Å². The van der Waals surface area contributed by atoms with E-state index in [1.54, 1.807) is 17.7 Å². The molecule has 2 heterocycles. The molecule has 0 aliphatic carbocycles. The van der Waals surface area contributed by atoms with Crippen LogP contribution in [0.5, 0.6) is 0 Å². The first kappa shape index (κ1) is 16.5. The second kappa shape index (κ2) is 7.47. The van der Waals surface area contributed by atoms with Crippen molar-refractivity contribution in [3.8, 4) is 16.5 Å². The third-order valence-corrected chi connectivity index (χ3v) is 4.88. The van der Waals surface area contributed by atoms with Crippen molar-refractivity contribution in [2.45, 2.75) is 0 Å². The third-order valence-electron chi connectivity index (χ3n) is 3.75. The first-order valence-corrected chi connectivity index (χ1v) is 8.68. The van der Waals surface area contributed by atoms with E-state index in [2.05, 4.69) is 28.1 Å². The number of morpholine rings is 1. The Morgan fingerprint density at radius 1 is 1.25 bits per heavy atom. The zero-order valence-corrected chi connectivity index (χ0v) is 14.7. The first-order chi connectivity index (χ1) is 11.7. The molecule has 6 heteroatoms. The summed E-state index contributed by atoms with van der Waals surface area (Å²) in [5.74, 6) is 0. The highest BCUT2D eigenvalue weighted by Crippen LogP contribution is 2.47. The van der Waals surface area contributed by atoms with E-state index >= 15 is 0 Å². The van der Waals surface area contributed by atoms with Gasteiger partial charge >= 0.3 is 0 Å². The van der Waals surface area contributed by atoms with Crippen LogP contribution < -0.4 is 4.90 Å². The lowest BCUT2D eigenvalue weighted by Crippen LogP contribution is -2.36. The molecule has 2 aromatic rings. The third kappa shape index (κ3) is 3.42. The van der Waals surface area contributed by atoms with Crippen molar-refractivity contribution in [1.82, 2.24) is 4.90 Å². The molecule has 0 N–H and O–H groups in total. The van der Waals surface area contributed by atoms with Crippen LogP contribution in [-0.2, 0) is 4.74 Å². The Morgan fingerprint density at radius 3 is 2.58 bits per heavy atom. The van der Waals surface area contributed by atoms with Gasteiger partial charge in [0.15, 0.2) is 0 Å². The molecule has 0 unspecified atom stereocenters. The fraction of sp³-hybridized carbons (Fsp3) is 0.333. The molecule has 0 spiro atoms. The Hall–Kier alpha value is -2.36. The topological polar surface area (TPSA) is 51.9 Å². The van der Waals surface area contributed by atoms with E-state index in [9.17, 15) is 5.26 Å². The molecule has 0 bridgehead atoms. The second-order valence-corrected chi connectivity index (χ2v) is 6.74. The molecule has 0 atom stereocenters. The molecule has 1 fully saturated rings. The number of hydrogen-bond donors (Lipinski definition) is 0. The average molecular weight is 340 g/mol. The van der Waals surface area contributed by atoms with Gasteiger partial charge in [-0.05, 0) is 5.56 Å². The number of anilines is 1. The molecule has 124 valence electrons. The van der Waals surface area contributed by atoms with Crippen LogP contribution in [0.15, 0.2) is 35.3 Å². The average Bonchev–Trinajstić information content (AvgIpc) is 3.00. The fourth-order valence-corrected chi connectivity index (χ4v) is 3.76. The summed E-state index contributed by atoms with van der Waals surface area (Å²) in [7, 11) is 3.84. The number of hydrogen-bond acceptors (Lipinski definition) is 5. The summed E-state index contributed by atoms with van der Waals surface area (Å²) in [4.78, 5) is 9.73. The van der Waals surface area contributed by atoms with Crippen molar-refractivity contribution in [1.29, 1.82) is 5.26 Å². The second-order valence-electron chi connectivity index (χ2n) is 5.75. The molecule has 0 amide bonds. The van der Waals surface area contributed by atoms with Crippen molar-refractivity contribution in [3.63, 3.8) is 0 Å². The van der Waals surface area contributed by atoms with Gasteiger partial charge in [0, 0.05) is 27.2 Å². The van der Waals surface area contributed by atoms with Gasteiger partial charge in [-0.25, -0.2) is 4.99 Å². The molecule has 3 rings (SSSR count). The van der Waals surface area contributed by atoms with Crippen LogP contribution in [0, 0.1) is 11.3 Å². The Labute approximate surface area is 146 Å². The minimum absolute atomic E-state index is 0.652. The lowest BCUT2D eigenvalue weighted by atomic mass is 10.1. The molecule has 1 aromatic heterocycles. The number of ether oxygens (including phenoxy) is 1. The summed E-state index contributed by atoms with van der Waals surface area (Å²) >= 11 is 1.57. The SMILES string of the molecule is CN(C)/C=N\c1sc(-c2ccccc2)c(N2CCOCC2)c1C#N. The maximum Gasteiger partial charge on any atom is 0.138 e. The summed E-state index contributed by atoms with van der Waals surface area (Å²) in [6, 6.07) is 12.6. The summed E-state index contributed by atoms with van der Waals surface area (Å²) in [6.45, 7) is 2.96. The maximum atomic E-state index is 9.77. The van der Waals surface area contributed by atoms with Gasteiger partial charge in [-0.2, -0.15) is 5.26 Å². The fourth-order valence-electron chi connectivity index (χ4n) is 2.64. The molecular formula is C18H20N4OS. The number of nitriles is 1. The minimum Gasteiger partial charge on any atom is -0.378 e. The van der Waals surface area contributed by atoms with E-state index in [4.69, 9.17) is 4.74 Å². The summed E-state index contributed by atoms with van der Waals surface area (Å²) in [6.07, 6.45) is 1.74.